The third-order valence-corrected chi connectivity index (χ3v) is 5.15. The summed E-state index contributed by atoms with van der Waals surface area (Å²) in [6.07, 6.45) is 9.97. The van der Waals surface area contributed by atoms with Crippen molar-refractivity contribution in [3.63, 3.8) is 0 Å². The number of nitrogens with one attached hydrogen (secondary N) is 1. The van der Waals surface area contributed by atoms with Crippen molar-refractivity contribution in [3.05, 3.63) is 0 Å². The zero-order valence-corrected chi connectivity index (χ0v) is 11.8. The van der Waals surface area contributed by atoms with E-state index in [1.165, 1.54) is 44.9 Å². The molecule has 3 unspecified atom stereocenters. The quantitative estimate of drug-likeness (QED) is 0.793. The molecule has 2 nitrogen and oxygen atoms in total. The van der Waals surface area contributed by atoms with Gasteiger partial charge in [-0.15, -0.1) is 0 Å². The second kappa shape index (κ2) is 5.71. The fourth-order valence-electron chi connectivity index (χ4n) is 3.56. The maximum atomic E-state index is 5.86. The normalized spacial score (nSPS) is 39.0. The molecule has 2 heteroatoms. The predicted molar refractivity (Wildman–Crippen MR) is 72.2 cm³/mol. The van der Waals surface area contributed by atoms with Crippen LogP contribution in [0.4, 0.5) is 0 Å². The van der Waals surface area contributed by atoms with Gasteiger partial charge in [-0.25, -0.2) is 0 Å². The Morgan fingerprint density at radius 3 is 2.47 bits per heavy atom. The summed E-state index contributed by atoms with van der Waals surface area (Å²) in [6, 6.07) is 1.47. The summed E-state index contributed by atoms with van der Waals surface area (Å²) in [5, 5.41) is 3.91. The molecule has 0 amide bonds. The Labute approximate surface area is 107 Å². The highest BCUT2D eigenvalue weighted by atomic mass is 16.5. The van der Waals surface area contributed by atoms with Crippen molar-refractivity contribution >= 4 is 0 Å². The fraction of sp³-hybridized carbons (Fsp3) is 1.00. The molecule has 100 valence electrons. The average Bonchev–Trinajstić information content (AvgIpc) is 2.38. The van der Waals surface area contributed by atoms with Gasteiger partial charge in [0.15, 0.2) is 0 Å². The molecule has 0 spiro atoms. The monoisotopic (exact) mass is 239 g/mol. The molecule has 3 atom stereocenters. The van der Waals surface area contributed by atoms with Gasteiger partial charge in [-0.2, -0.15) is 0 Å². The number of hydrogen-bond donors (Lipinski definition) is 1. The van der Waals surface area contributed by atoms with Crippen molar-refractivity contribution in [2.45, 2.75) is 83.9 Å². The van der Waals surface area contributed by atoms with Crippen LogP contribution < -0.4 is 5.32 Å². The van der Waals surface area contributed by atoms with E-state index in [9.17, 15) is 0 Å². The van der Waals surface area contributed by atoms with Gasteiger partial charge in [-0.1, -0.05) is 33.1 Å². The van der Waals surface area contributed by atoms with Gasteiger partial charge >= 0.3 is 0 Å². The first-order chi connectivity index (χ1) is 8.20. The molecule has 1 N–H and O–H groups in total. The zero-order valence-electron chi connectivity index (χ0n) is 11.8. The average molecular weight is 239 g/mol. The smallest absolute Gasteiger partial charge is 0.0658 e. The lowest BCUT2D eigenvalue weighted by Crippen LogP contribution is -2.64. The number of hydrogen-bond acceptors (Lipinski definition) is 2. The maximum Gasteiger partial charge on any atom is 0.0658 e. The van der Waals surface area contributed by atoms with Gasteiger partial charge in [0.05, 0.1) is 6.10 Å². The highest BCUT2D eigenvalue weighted by Gasteiger charge is 2.51. The minimum atomic E-state index is 0.369. The van der Waals surface area contributed by atoms with Crippen LogP contribution in [0.3, 0.4) is 0 Å². The zero-order chi connectivity index (χ0) is 12.3. The third kappa shape index (κ3) is 2.68. The van der Waals surface area contributed by atoms with Crippen LogP contribution in [0.25, 0.3) is 0 Å². The topological polar surface area (TPSA) is 21.3 Å². The first-order valence-electron chi connectivity index (χ1n) is 7.58. The SMILES string of the molecule is CCOC1CC(NC2CCCCC2)C1(C)CC. The molecule has 2 rings (SSSR count). The molecule has 0 heterocycles. The molecule has 2 aliphatic carbocycles. The van der Waals surface area contributed by atoms with E-state index in [4.69, 9.17) is 4.74 Å². The minimum absolute atomic E-state index is 0.369. The molecule has 17 heavy (non-hydrogen) atoms. The van der Waals surface area contributed by atoms with Crippen molar-refractivity contribution in [2.75, 3.05) is 6.61 Å². The van der Waals surface area contributed by atoms with Crippen LogP contribution in [0.5, 0.6) is 0 Å². The van der Waals surface area contributed by atoms with E-state index in [1.54, 1.807) is 0 Å². The van der Waals surface area contributed by atoms with E-state index >= 15 is 0 Å². The first kappa shape index (κ1) is 13.4. The Hall–Kier alpha value is -0.0800. The molecule has 0 aromatic heterocycles. The van der Waals surface area contributed by atoms with Gasteiger partial charge in [-0.3, -0.25) is 0 Å². The molecule has 0 radical (unpaired) electrons. The van der Waals surface area contributed by atoms with Crippen molar-refractivity contribution in [3.8, 4) is 0 Å². The summed E-state index contributed by atoms with van der Waals surface area (Å²) >= 11 is 0. The summed E-state index contributed by atoms with van der Waals surface area (Å²) in [6.45, 7) is 7.67. The van der Waals surface area contributed by atoms with E-state index < -0.39 is 0 Å². The van der Waals surface area contributed by atoms with Gasteiger partial charge in [0.1, 0.15) is 0 Å². The Bertz CT molecular complexity index is 237. The van der Waals surface area contributed by atoms with Crippen LogP contribution in [0, 0.1) is 5.41 Å². The van der Waals surface area contributed by atoms with Crippen LogP contribution in [-0.2, 0) is 4.74 Å². The van der Waals surface area contributed by atoms with Crippen LogP contribution in [0.2, 0.25) is 0 Å². The van der Waals surface area contributed by atoms with Crippen LogP contribution in [-0.4, -0.2) is 24.8 Å². The highest BCUT2D eigenvalue weighted by molar-refractivity contribution is 5.05. The molecule has 0 aromatic carbocycles. The summed E-state index contributed by atoms with van der Waals surface area (Å²) in [7, 11) is 0. The second-order valence-electron chi connectivity index (χ2n) is 6.09. The fourth-order valence-corrected chi connectivity index (χ4v) is 3.56. The highest BCUT2D eigenvalue weighted by Crippen LogP contribution is 2.46. The lowest BCUT2D eigenvalue weighted by molar-refractivity contribution is -0.128. The molecular formula is C15H29NO. The molecule has 2 fully saturated rings. The summed E-state index contributed by atoms with van der Waals surface area (Å²) < 4.78 is 5.86. The van der Waals surface area contributed by atoms with E-state index in [1.807, 2.05) is 0 Å². The van der Waals surface area contributed by atoms with Crippen LogP contribution >= 0.6 is 0 Å². The van der Waals surface area contributed by atoms with Crippen molar-refractivity contribution in [1.82, 2.24) is 5.32 Å². The van der Waals surface area contributed by atoms with Crippen molar-refractivity contribution < 1.29 is 4.74 Å². The van der Waals surface area contributed by atoms with Crippen LogP contribution in [0.1, 0.15) is 65.7 Å². The van der Waals surface area contributed by atoms with Crippen molar-refractivity contribution in [1.29, 1.82) is 0 Å². The molecule has 0 aliphatic heterocycles. The Balaban J connectivity index is 1.85. The van der Waals surface area contributed by atoms with Crippen molar-refractivity contribution in [2.24, 2.45) is 5.41 Å². The Morgan fingerprint density at radius 2 is 1.88 bits per heavy atom. The van der Waals surface area contributed by atoms with E-state index in [0.717, 1.165) is 12.6 Å². The van der Waals surface area contributed by atoms with Gasteiger partial charge < -0.3 is 10.1 Å². The Kier molecular flexibility index (Phi) is 4.48. The second-order valence-corrected chi connectivity index (χ2v) is 6.09. The Morgan fingerprint density at radius 1 is 1.18 bits per heavy atom. The lowest BCUT2D eigenvalue weighted by atomic mass is 9.61. The number of rotatable bonds is 5. The molecule has 0 saturated heterocycles. The molecule has 0 bridgehead atoms. The summed E-state index contributed by atoms with van der Waals surface area (Å²) in [5.74, 6) is 0. The molecular weight excluding hydrogens is 210 g/mol. The largest absolute Gasteiger partial charge is 0.378 e. The van der Waals surface area contributed by atoms with Gasteiger partial charge in [0.25, 0.3) is 0 Å². The third-order valence-electron chi connectivity index (χ3n) is 5.15. The summed E-state index contributed by atoms with van der Waals surface area (Å²) in [5.41, 5.74) is 0.369. The van der Waals surface area contributed by atoms with E-state index in [2.05, 4.69) is 26.1 Å². The van der Waals surface area contributed by atoms with Gasteiger partial charge in [0.2, 0.25) is 0 Å². The van der Waals surface area contributed by atoms with E-state index in [-0.39, 0.29) is 0 Å². The summed E-state index contributed by atoms with van der Waals surface area (Å²) in [4.78, 5) is 0. The van der Waals surface area contributed by atoms with Gasteiger partial charge in [-0.05, 0) is 32.6 Å². The maximum absolute atomic E-state index is 5.86. The molecule has 0 aromatic rings. The molecule has 2 saturated carbocycles. The standard InChI is InChI=1S/C15H29NO/c1-4-15(3)13(11-14(15)17-5-2)16-12-9-7-6-8-10-12/h12-14,16H,4-11H2,1-3H3. The number of ether oxygens (including phenoxy) is 1. The van der Waals surface area contributed by atoms with Gasteiger partial charge in [0, 0.05) is 24.1 Å². The predicted octanol–water partition coefficient (Wildman–Crippen LogP) is 3.50. The minimum Gasteiger partial charge on any atom is -0.378 e. The lowest BCUT2D eigenvalue weighted by Gasteiger charge is -2.55. The molecule has 2 aliphatic rings. The first-order valence-corrected chi connectivity index (χ1v) is 7.58. The van der Waals surface area contributed by atoms with E-state index in [0.29, 0.717) is 17.6 Å². The van der Waals surface area contributed by atoms with Crippen LogP contribution in [0.15, 0.2) is 0 Å².